The first-order chi connectivity index (χ1) is 23.8. The summed E-state index contributed by atoms with van der Waals surface area (Å²) in [5.41, 5.74) is 11.4. The lowest BCUT2D eigenvalue weighted by Crippen LogP contribution is -2.74. The second-order valence-corrected chi connectivity index (χ2v) is 13.7. The van der Waals surface area contributed by atoms with Crippen LogP contribution in [0, 0.1) is 0 Å². The van der Waals surface area contributed by atoms with Gasteiger partial charge < -0.3 is 13.6 Å². The number of hydrogen-bond donors (Lipinski definition) is 0. The van der Waals surface area contributed by atoms with Gasteiger partial charge >= 0.3 is 6.85 Å². The lowest BCUT2D eigenvalue weighted by molar-refractivity contribution is 0.646. The molecule has 4 nitrogen and oxygen atoms in total. The minimum atomic E-state index is -0.253. The highest BCUT2D eigenvalue weighted by molar-refractivity contribution is 7.99. The van der Waals surface area contributed by atoms with Crippen molar-refractivity contribution in [2.75, 3.05) is 4.81 Å². The van der Waals surface area contributed by atoms with Crippen molar-refractivity contribution in [3.63, 3.8) is 0 Å². The van der Waals surface area contributed by atoms with Gasteiger partial charge in [-0.3, -0.25) is 0 Å². The molecule has 9 aromatic rings. The molecule has 0 saturated heterocycles. The predicted molar refractivity (Wildman–Crippen MR) is 201 cm³/mol. The van der Waals surface area contributed by atoms with Gasteiger partial charge in [-0.15, -0.1) is 0 Å². The molecule has 2 aliphatic rings. The summed E-state index contributed by atoms with van der Waals surface area (Å²) >= 11 is 1.82. The van der Waals surface area contributed by atoms with Crippen LogP contribution in [0.3, 0.4) is 0 Å². The second-order valence-electron chi connectivity index (χ2n) is 12.6. The molecule has 3 aromatic heterocycles. The van der Waals surface area contributed by atoms with Gasteiger partial charge in [0, 0.05) is 42.7 Å². The van der Waals surface area contributed by atoms with E-state index in [-0.39, 0.29) is 13.6 Å². The molecule has 48 heavy (non-hydrogen) atoms. The highest BCUT2D eigenvalue weighted by Crippen LogP contribution is 2.48. The monoisotopic (exact) mass is 630 g/mol. The van der Waals surface area contributed by atoms with E-state index in [9.17, 15) is 0 Å². The van der Waals surface area contributed by atoms with Crippen LogP contribution in [0.1, 0.15) is 0 Å². The Kier molecular flexibility index (Phi) is 5.46. The predicted octanol–water partition coefficient (Wildman–Crippen LogP) is 7.12. The molecule has 0 saturated carbocycles. The van der Waals surface area contributed by atoms with Crippen molar-refractivity contribution in [1.82, 2.24) is 4.98 Å². The first-order valence-electron chi connectivity index (χ1n) is 16.3. The molecule has 11 rings (SSSR count). The first kappa shape index (κ1) is 26.4. The second kappa shape index (κ2) is 9.93. The lowest BCUT2D eigenvalue weighted by atomic mass is 9.28. The molecule has 0 fully saturated rings. The summed E-state index contributed by atoms with van der Waals surface area (Å²) in [6.45, 7) is -0.431. The molecule has 0 aliphatic carbocycles. The number of pyridine rings is 1. The van der Waals surface area contributed by atoms with Crippen molar-refractivity contribution in [3.8, 4) is 0 Å². The van der Waals surface area contributed by atoms with Crippen LogP contribution in [0.4, 0.5) is 11.4 Å². The standard InChI is InChI=1S/C41H24B2N2O2S/c1-4-14-30-25(11-1)23-26-24-27(21-22-31(26)44-30)42-38-28-12-2-7-17-34(28)47-41(38)43(39-29-13-3-8-18-35(29)46-40(39)42)45-32-15-5-9-19-36(32)48-37-20-10-6-16-33(37)45/h1-24H. The number of nitrogens with zero attached hydrogens (tertiary/aromatic N) is 2. The SMILES string of the molecule is c1ccc2c(c1)Sc1ccccc1N2B1c2oc3ccccc3c2B(c2ccc3nc4ccccc4cc3c2)c2oc3ccccc3c21. The molecule has 5 heterocycles. The number of furan rings is 2. The van der Waals surface area contributed by atoms with Gasteiger partial charge in [-0.05, 0) is 65.5 Å². The van der Waals surface area contributed by atoms with Crippen LogP contribution >= 0.6 is 11.8 Å². The van der Waals surface area contributed by atoms with Gasteiger partial charge in [0.15, 0.2) is 0 Å². The summed E-state index contributed by atoms with van der Waals surface area (Å²) in [4.78, 5) is 9.92. The smallest absolute Gasteiger partial charge is 0.372 e. The molecule has 2 aliphatic heterocycles. The van der Waals surface area contributed by atoms with E-state index in [1.54, 1.807) is 0 Å². The van der Waals surface area contributed by atoms with Crippen LogP contribution in [0.5, 0.6) is 0 Å². The topological polar surface area (TPSA) is 42.4 Å². The highest BCUT2D eigenvalue weighted by Gasteiger charge is 2.50. The fourth-order valence-corrected chi connectivity index (χ4v) is 9.05. The minimum absolute atomic E-state index is 0.178. The van der Waals surface area contributed by atoms with E-state index in [0.717, 1.165) is 82.8 Å². The average Bonchev–Trinajstić information content (AvgIpc) is 3.71. The first-order valence-corrected chi connectivity index (χ1v) is 17.1. The third kappa shape index (κ3) is 3.68. The summed E-state index contributed by atoms with van der Waals surface area (Å²) in [6, 6.07) is 51.6. The molecular formula is C41H24B2N2O2S. The van der Waals surface area contributed by atoms with Crippen LogP contribution in [0.25, 0.3) is 43.7 Å². The highest BCUT2D eigenvalue weighted by atomic mass is 32.2. The van der Waals surface area contributed by atoms with Gasteiger partial charge in [0.1, 0.15) is 11.2 Å². The Morgan fingerprint density at radius 1 is 0.521 bits per heavy atom. The Morgan fingerprint density at radius 2 is 1.12 bits per heavy atom. The summed E-state index contributed by atoms with van der Waals surface area (Å²) in [5.74, 6) is 0. The quantitative estimate of drug-likeness (QED) is 0.150. The summed E-state index contributed by atoms with van der Waals surface area (Å²) < 4.78 is 14.1. The van der Waals surface area contributed by atoms with Crippen LogP contribution < -0.4 is 32.5 Å². The van der Waals surface area contributed by atoms with Crippen molar-refractivity contribution in [2.45, 2.75) is 9.79 Å². The fourth-order valence-electron chi connectivity index (χ4n) is 7.98. The Morgan fingerprint density at radius 3 is 1.90 bits per heavy atom. The van der Waals surface area contributed by atoms with Crippen molar-refractivity contribution in [2.24, 2.45) is 0 Å². The molecule has 0 bridgehead atoms. The Labute approximate surface area is 281 Å². The maximum absolute atomic E-state index is 7.06. The molecular weight excluding hydrogens is 606 g/mol. The zero-order valence-electron chi connectivity index (χ0n) is 25.6. The number of hydrogen-bond acceptors (Lipinski definition) is 5. The largest absolute Gasteiger partial charge is 0.471 e. The van der Waals surface area contributed by atoms with E-state index in [4.69, 9.17) is 13.8 Å². The van der Waals surface area contributed by atoms with E-state index in [1.807, 2.05) is 17.8 Å². The van der Waals surface area contributed by atoms with Crippen molar-refractivity contribution >= 4 is 108 Å². The van der Waals surface area contributed by atoms with E-state index < -0.39 is 0 Å². The number of benzene rings is 6. The van der Waals surface area contributed by atoms with Crippen molar-refractivity contribution in [1.29, 1.82) is 0 Å². The number of anilines is 2. The molecule has 7 heteroatoms. The third-order valence-electron chi connectivity index (χ3n) is 10.00. The molecule has 222 valence electrons. The molecule has 0 radical (unpaired) electrons. The van der Waals surface area contributed by atoms with Gasteiger partial charge in [-0.25, -0.2) is 4.98 Å². The van der Waals surface area contributed by atoms with Gasteiger partial charge in [0.2, 0.25) is 0 Å². The number of rotatable bonds is 2. The van der Waals surface area contributed by atoms with E-state index >= 15 is 0 Å². The third-order valence-corrected chi connectivity index (χ3v) is 11.1. The van der Waals surface area contributed by atoms with Crippen LogP contribution in [0.2, 0.25) is 0 Å². The van der Waals surface area contributed by atoms with Gasteiger partial charge in [0.25, 0.3) is 6.71 Å². The molecule has 0 atom stereocenters. The van der Waals surface area contributed by atoms with Crippen LogP contribution in [-0.2, 0) is 0 Å². The van der Waals surface area contributed by atoms with Crippen LogP contribution in [0.15, 0.2) is 164 Å². The number of para-hydroxylation sites is 5. The maximum atomic E-state index is 7.06. The number of fused-ring (bicyclic) bond motifs is 10. The van der Waals surface area contributed by atoms with Gasteiger partial charge in [-0.1, -0.05) is 108 Å². The molecule has 0 amide bonds. The zero-order chi connectivity index (χ0) is 31.3. The summed E-state index contributed by atoms with van der Waals surface area (Å²) in [6.07, 6.45) is 0. The Balaban J connectivity index is 1.24. The van der Waals surface area contributed by atoms with Gasteiger partial charge in [0.05, 0.1) is 22.4 Å². The fraction of sp³-hybridized carbons (Fsp3) is 0. The summed E-state index contributed by atoms with van der Waals surface area (Å²) in [5, 5.41) is 4.45. The molecule has 0 spiro atoms. The normalized spacial score (nSPS) is 13.6. The summed E-state index contributed by atoms with van der Waals surface area (Å²) in [7, 11) is 0. The Hall–Kier alpha value is -5.65. The van der Waals surface area contributed by atoms with Gasteiger partial charge in [-0.2, -0.15) is 0 Å². The van der Waals surface area contributed by atoms with E-state index in [1.165, 1.54) is 9.79 Å². The van der Waals surface area contributed by atoms with E-state index in [2.05, 4.69) is 144 Å². The number of aromatic nitrogens is 1. The lowest BCUT2D eigenvalue weighted by Gasteiger charge is -2.39. The average molecular weight is 630 g/mol. The zero-order valence-corrected chi connectivity index (χ0v) is 26.4. The van der Waals surface area contributed by atoms with E-state index in [0.29, 0.717) is 0 Å². The molecule has 6 aromatic carbocycles. The van der Waals surface area contributed by atoms with Crippen LogP contribution in [-0.4, -0.2) is 18.5 Å². The molecule has 0 N–H and O–H groups in total. The molecule has 0 unspecified atom stereocenters. The van der Waals surface area contributed by atoms with Crippen molar-refractivity contribution < 1.29 is 8.83 Å². The maximum Gasteiger partial charge on any atom is 0.372 e. The minimum Gasteiger partial charge on any atom is -0.471 e. The Bertz CT molecular complexity index is 2720. The van der Waals surface area contributed by atoms with Crippen molar-refractivity contribution in [3.05, 3.63) is 146 Å².